The van der Waals surface area contributed by atoms with Crippen LogP contribution in [0, 0.1) is 0 Å². The van der Waals surface area contributed by atoms with Gasteiger partial charge in [-0.05, 0) is 36.4 Å². The summed E-state index contributed by atoms with van der Waals surface area (Å²) in [6.07, 6.45) is 0. The van der Waals surface area contributed by atoms with Crippen LogP contribution in [0.5, 0.6) is 11.5 Å². The van der Waals surface area contributed by atoms with Crippen molar-refractivity contribution in [1.82, 2.24) is 0 Å². The highest BCUT2D eigenvalue weighted by molar-refractivity contribution is 7.99. The molecule has 2 rings (SSSR count). The fourth-order valence-corrected chi connectivity index (χ4v) is 4.20. The molecule has 2 aromatic rings. The van der Waals surface area contributed by atoms with Gasteiger partial charge in [-0.15, -0.1) is 0 Å². The Balaban J connectivity index is 2.53. The van der Waals surface area contributed by atoms with Crippen molar-refractivity contribution in [3.05, 3.63) is 47.5 Å². The van der Waals surface area contributed by atoms with Gasteiger partial charge in [-0.1, -0.05) is 81.4 Å². The van der Waals surface area contributed by atoms with Gasteiger partial charge in [-0.25, -0.2) is 0 Å². The second-order valence-electron chi connectivity index (χ2n) is 4.46. The number of rotatable bonds is 2. The van der Waals surface area contributed by atoms with E-state index in [1.807, 2.05) is 0 Å². The van der Waals surface area contributed by atoms with Gasteiger partial charge in [0.05, 0.1) is 0 Å². The number of alkyl halides is 6. The molecule has 0 saturated heterocycles. The monoisotopic (exact) mass is 450 g/mol. The Morgan fingerprint density at radius 3 is 1.30 bits per heavy atom. The first-order valence-corrected chi connectivity index (χ1v) is 9.05. The third-order valence-electron chi connectivity index (χ3n) is 2.76. The van der Waals surface area contributed by atoms with Crippen molar-refractivity contribution in [1.29, 1.82) is 0 Å². The maximum absolute atomic E-state index is 9.61. The first-order valence-electron chi connectivity index (χ1n) is 5.97. The van der Waals surface area contributed by atoms with E-state index < -0.39 is 7.59 Å². The molecule has 0 bridgehead atoms. The molecule has 0 radical (unpaired) electrons. The lowest BCUT2D eigenvalue weighted by molar-refractivity contribution is 0.473. The van der Waals surface area contributed by atoms with Crippen molar-refractivity contribution in [2.45, 2.75) is 17.4 Å². The van der Waals surface area contributed by atoms with Gasteiger partial charge < -0.3 is 10.2 Å². The van der Waals surface area contributed by atoms with Crippen LogP contribution in [-0.4, -0.2) is 10.2 Å². The molecule has 0 heterocycles. The summed E-state index contributed by atoms with van der Waals surface area (Å²) in [4.78, 5) is 1.12. The van der Waals surface area contributed by atoms with E-state index >= 15 is 0 Å². The third-order valence-corrected chi connectivity index (χ3v) is 5.13. The predicted molar refractivity (Wildman–Crippen MR) is 98.8 cm³/mol. The number of hydrogen-bond acceptors (Lipinski definition) is 3. The van der Waals surface area contributed by atoms with E-state index in [4.69, 9.17) is 69.6 Å². The second-order valence-corrected chi connectivity index (χ2v) is 10.1. The maximum Gasteiger partial charge on any atom is 0.217 e. The van der Waals surface area contributed by atoms with Crippen molar-refractivity contribution in [3.8, 4) is 11.5 Å². The quantitative estimate of drug-likeness (QED) is 0.486. The number of aromatic hydroxyl groups is 2. The fraction of sp³-hybridized carbons (Fsp3) is 0.143. The van der Waals surface area contributed by atoms with E-state index in [1.54, 1.807) is 12.1 Å². The molecule has 2 nitrogen and oxygen atoms in total. The summed E-state index contributed by atoms with van der Waals surface area (Å²) in [7, 11) is 0. The average Bonchev–Trinajstić information content (AvgIpc) is 2.40. The van der Waals surface area contributed by atoms with E-state index in [0.717, 1.165) is 0 Å². The molecule has 0 aliphatic carbocycles. The SMILES string of the molecule is Oc1ccc(Sc2ccc(O)cc2C(Cl)(Cl)Cl)c(C(Cl)(Cl)Cl)c1. The zero-order valence-corrected chi connectivity index (χ0v) is 16.4. The molecule has 0 amide bonds. The van der Waals surface area contributed by atoms with Crippen LogP contribution in [0.25, 0.3) is 0 Å². The number of halogens is 6. The molecule has 0 aliphatic heterocycles. The van der Waals surface area contributed by atoms with Gasteiger partial charge in [0.1, 0.15) is 11.5 Å². The number of phenolic OH excluding ortho intramolecular Hbond substituents is 2. The van der Waals surface area contributed by atoms with Crippen LogP contribution in [0.3, 0.4) is 0 Å². The molecule has 2 aromatic carbocycles. The molecule has 0 spiro atoms. The normalized spacial score (nSPS) is 12.4. The smallest absolute Gasteiger partial charge is 0.217 e. The van der Waals surface area contributed by atoms with Crippen molar-refractivity contribution in [3.63, 3.8) is 0 Å². The first-order chi connectivity index (χ1) is 10.5. The number of hydrogen-bond donors (Lipinski definition) is 2. The summed E-state index contributed by atoms with van der Waals surface area (Å²) in [5.74, 6) is -0.0778. The molecule has 0 aromatic heterocycles. The molecule has 0 aliphatic rings. The van der Waals surface area contributed by atoms with Gasteiger partial charge in [0.2, 0.25) is 7.59 Å². The van der Waals surface area contributed by atoms with E-state index in [-0.39, 0.29) is 22.6 Å². The van der Waals surface area contributed by atoms with E-state index in [2.05, 4.69) is 0 Å². The van der Waals surface area contributed by atoms with Crippen LogP contribution < -0.4 is 0 Å². The van der Waals surface area contributed by atoms with Crippen molar-refractivity contribution in [2.24, 2.45) is 0 Å². The highest BCUT2D eigenvalue weighted by Gasteiger charge is 2.30. The average molecular weight is 453 g/mol. The minimum absolute atomic E-state index is 0.0389. The molecule has 23 heavy (non-hydrogen) atoms. The highest BCUT2D eigenvalue weighted by Crippen LogP contribution is 2.49. The molecular formula is C14H8Cl6O2S. The molecule has 124 valence electrons. The molecule has 0 unspecified atom stereocenters. The predicted octanol–water partition coefficient (Wildman–Crippen LogP) is 6.90. The van der Waals surface area contributed by atoms with Crippen molar-refractivity contribution < 1.29 is 10.2 Å². The van der Waals surface area contributed by atoms with Crippen molar-refractivity contribution >= 4 is 81.4 Å². The Hall–Kier alpha value is 0.130. The Bertz CT molecular complexity index is 663. The zero-order valence-electron chi connectivity index (χ0n) is 11.0. The van der Waals surface area contributed by atoms with E-state index in [0.29, 0.717) is 9.79 Å². The molecule has 0 saturated carbocycles. The second kappa shape index (κ2) is 7.17. The third kappa shape index (κ3) is 5.05. The van der Waals surface area contributed by atoms with Gasteiger partial charge in [0.15, 0.2) is 0 Å². The number of benzene rings is 2. The molecule has 2 N–H and O–H groups in total. The van der Waals surface area contributed by atoms with E-state index in [9.17, 15) is 10.2 Å². The summed E-state index contributed by atoms with van der Waals surface area (Å²) in [5, 5.41) is 19.2. The fourth-order valence-electron chi connectivity index (χ4n) is 1.78. The highest BCUT2D eigenvalue weighted by atomic mass is 35.6. The Kier molecular flexibility index (Phi) is 6.06. The van der Waals surface area contributed by atoms with Crippen LogP contribution in [0.1, 0.15) is 11.1 Å². The lowest BCUT2D eigenvalue weighted by atomic mass is 10.2. The summed E-state index contributed by atoms with van der Waals surface area (Å²) >= 11 is 36.9. The summed E-state index contributed by atoms with van der Waals surface area (Å²) in [6.45, 7) is 0. The molecular weight excluding hydrogens is 445 g/mol. The number of phenols is 2. The minimum atomic E-state index is -1.74. The topological polar surface area (TPSA) is 40.5 Å². The minimum Gasteiger partial charge on any atom is -0.508 e. The largest absolute Gasteiger partial charge is 0.508 e. The summed E-state index contributed by atoms with van der Waals surface area (Å²) in [6, 6.07) is 8.79. The lowest BCUT2D eigenvalue weighted by Crippen LogP contribution is -2.04. The summed E-state index contributed by atoms with van der Waals surface area (Å²) < 4.78 is -3.48. The zero-order chi connectivity index (χ0) is 17.4. The maximum atomic E-state index is 9.61. The summed E-state index contributed by atoms with van der Waals surface area (Å²) in [5.41, 5.74) is 0.576. The Morgan fingerprint density at radius 1 is 0.652 bits per heavy atom. The Morgan fingerprint density at radius 2 is 1.00 bits per heavy atom. The van der Waals surface area contributed by atoms with E-state index in [1.165, 1.54) is 36.0 Å². The van der Waals surface area contributed by atoms with Gasteiger partial charge in [0.25, 0.3) is 0 Å². The Labute approximate surface area is 167 Å². The van der Waals surface area contributed by atoms with Crippen LogP contribution >= 0.6 is 81.4 Å². The molecule has 0 fully saturated rings. The van der Waals surface area contributed by atoms with Crippen LogP contribution in [-0.2, 0) is 7.59 Å². The first kappa shape index (κ1) is 19.5. The van der Waals surface area contributed by atoms with Gasteiger partial charge in [0, 0.05) is 20.9 Å². The van der Waals surface area contributed by atoms with Crippen LogP contribution in [0.15, 0.2) is 46.2 Å². The van der Waals surface area contributed by atoms with Crippen LogP contribution in [0.4, 0.5) is 0 Å². The van der Waals surface area contributed by atoms with Crippen molar-refractivity contribution in [2.75, 3.05) is 0 Å². The molecule has 9 heteroatoms. The molecule has 0 atom stereocenters. The van der Waals surface area contributed by atoms with Crippen LogP contribution in [0.2, 0.25) is 0 Å². The standard InChI is InChI=1S/C14H8Cl6O2S/c15-13(16,17)9-5-7(21)1-3-11(9)23-12-4-2-8(22)6-10(12)14(18,19)20/h1-6,21-22H. The van der Waals surface area contributed by atoms with Gasteiger partial charge in [-0.2, -0.15) is 0 Å². The van der Waals surface area contributed by atoms with Gasteiger partial charge >= 0.3 is 0 Å². The van der Waals surface area contributed by atoms with Gasteiger partial charge in [-0.3, -0.25) is 0 Å². The lowest BCUT2D eigenvalue weighted by Gasteiger charge is -2.20.